The summed E-state index contributed by atoms with van der Waals surface area (Å²) in [6, 6.07) is 16.5. The average Bonchev–Trinajstić information content (AvgIpc) is 3.17. The highest BCUT2D eigenvalue weighted by molar-refractivity contribution is 5.92. The minimum absolute atomic E-state index is 0.0254. The topological polar surface area (TPSA) is 70.1 Å². The van der Waals surface area contributed by atoms with Gasteiger partial charge in [0.1, 0.15) is 5.75 Å². The van der Waals surface area contributed by atoms with Crippen LogP contribution in [0.4, 0.5) is 5.69 Å². The van der Waals surface area contributed by atoms with Crippen LogP contribution >= 0.6 is 0 Å². The zero-order chi connectivity index (χ0) is 19.2. The third-order valence-electron chi connectivity index (χ3n) is 4.72. The highest BCUT2D eigenvalue weighted by Crippen LogP contribution is 2.23. The molecule has 1 atom stereocenters. The van der Waals surface area contributed by atoms with E-state index in [0.29, 0.717) is 18.8 Å². The van der Waals surface area contributed by atoms with E-state index in [4.69, 9.17) is 9.84 Å². The van der Waals surface area contributed by atoms with Crippen molar-refractivity contribution in [1.29, 1.82) is 0 Å². The van der Waals surface area contributed by atoms with Gasteiger partial charge in [-0.05, 0) is 36.2 Å². The number of nitrogens with zero attached hydrogens (tertiary/aromatic N) is 2. The second-order valence-corrected chi connectivity index (χ2v) is 6.60. The third-order valence-corrected chi connectivity index (χ3v) is 4.72. The van der Waals surface area contributed by atoms with Gasteiger partial charge in [0, 0.05) is 25.7 Å². The molecule has 1 unspecified atom stereocenters. The molecule has 0 bridgehead atoms. The molecule has 1 saturated heterocycles. The summed E-state index contributed by atoms with van der Waals surface area (Å²) in [7, 11) is 0. The Kier molecular flexibility index (Phi) is 6.08. The van der Waals surface area contributed by atoms with Crippen molar-refractivity contribution in [1.82, 2.24) is 4.90 Å². The number of carbonyl (C=O) groups excluding carboxylic acids is 2. The van der Waals surface area contributed by atoms with Crippen LogP contribution < -0.4 is 9.64 Å². The van der Waals surface area contributed by atoms with Gasteiger partial charge in [-0.3, -0.25) is 9.59 Å². The van der Waals surface area contributed by atoms with E-state index in [2.05, 4.69) is 0 Å². The molecule has 2 aromatic rings. The molecule has 1 fully saturated rings. The van der Waals surface area contributed by atoms with E-state index in [0.717, 1.165) is 17.7 Å². The molecular weight excluding hydrogens is 344 g/mol. The second-order valence-electron chi connectivity index (χ2n) is 6.60. The molecule has 3 rings (SSSR count). The van der Waals surface area contributed by atoms with Crippen LogP contribution in [-0.4, -0.2) is 47.6 Å². The summed E-state index contributed by atoms with van der Waals surface area (Å²) >= 11 is 0. The van der Waals surface area contributed by atoms with Gasteiger partial charge in [-0.25, -0.2) is 0 Å². The van der Waals surface area contributed by atoms with E-state index < -0.39 is 0 Å². The van der Waals surface area contributed by atoms with Crippen molar-refractivity contribution in [2.75, 3.05) is 24.6 Å². The van der Waals surface area contributed by atoms with Gasteiger partial charge < -0.3 is 19.6 Å². The van der Waals surface area contributed by atoms with Crippen molar-refractivity contribution in [2.24, 2.45) is 0 Å². The van der Waals surface area contributed by atoms with Gasteiger partial charge in [0.25, 0.3) is 5.91 Å². The van der Waals surface area contributed by atoms with Crippen LogP contribution in [0.5, 0.6) is 5.75 Å². The van der Waals surface area contributed by atoms with Gasteiger partial charge in [0.05, 0.1) is 12.6 Å². The summed E-state index contributed by atoms with van der Waals surface area (Å²) in [5.74, 6) is 0.465. The lowest BCUT2D eigenvalue weighted by molar-refractivity contribution is -0.132. The van der Waals surface area contributed by atoms with E-state index in [1.54, 1.807) is 41.0 Å². The van der Waals surface area contributed by atoms with Crippen molar-refractivity contribution >= 4 is 17.5 Å². The predicted octanol–water partition coefficient (Wildman–Crippen LogP) is 2.21. The molecule has 142 valence electrons. The molecule has 1 aliphatic rings. The number of likely N-dealkylation sites (tertiary alicyclic amines) is 1. The lowest BCUT2D eigenvalue weighted by atomic mass is 10.2. The van der Waals surface area contributed by atoms with Crippen molar-refractivity contribution in [3.05, 3.63) is 60.2 Å². The fourth-order valence-electron chi connectivity index (χ4n) is 3.34. The number of aliphatic hydroxyl groups is 1. The normalized spacial score (nSPS) is 16.2. The molecule has 0 spiro atoms. The fraction of sp³-hybridized carbons (Fsp3) is 0.333. The number of rotatable bonds is 6. The first-order valence-electron chi connectivity index (χ1n) is 9.03. The molecule has 1 aliphatic heterocycles. The minimum Gasteiger partial charge on any atom is -0.484 e. The Labute approximate surface area is 159 Å². The summed E-state index contributed by atoms with van der Waals surface area (Å²) in [6.07, 6.45) is 0.741. The Balaban J connectivity index is 1.57. The molecular formula is C21H24N2O4. The second kappa shape index (κ2) is 8.68. The summed E-state index contributed by atoms with van der Waals surface area (Å²) in [6.45, 7) is 2.59. The van der Waals surface area contributed by atoms with Crippen LogP contribution in [0.25, 0.3) is 0 Å². The number of hydrogen-bond donors (Lipinski definition) is 1. The molecule has 1 heterocycles. The standard InChI is InChI=1S/C21H24N2O4/c1-16(25)23(18-5-3-2-4-6-18)19-11-12-22(13-19)21(26)15-27-20-9-7-17(14-24)8-10-20/h2-10,19,24H,11-15H2,1H3. The summed E-state index contributed by atoms with van der Waals surface area (Å²) < 4.78 is 5.55. The van der Waals surface area contributed by atoms with Crippen molar-refractivity contribution in [2.45, 2.75) is 26.0 Å². The van der Waals surface area contributed by atoms with Crippen LogP contribution in [0, 0.1) is 0 Å². The maximum atomic E-state index is 12.5. The first kappa shape index (κ1) is 18.9. The van der Waals surface area contributed by atoms with Crippen LogP contribution in [0.1, 0.15) is 18.9 Å². The van der Waals surface area contributed by atoms with E-state index in [-0.39, 0.29) is 31.1 Å². The van der Waals surface area contributed by atoms with Gasteiger partial charge in [0.2, 0.25) is 5.91 Å². The van der Waals surface area contributed by atoms with Gasteiger partial charge in [-0.2, -0.15) is 0 Å². The van der Waals surface area contributed by atoms with Crippen molar-refractivity contribution in [3.8, 4) is 5.75 Å². The monoisotopic (exact) mass is 368 g/mol. The number of amides is 2. The third kappa shape index (κ3) is 4.65. The molecule has 1 N–H and O–H groups in total. The Morgan fingerprint density at radius 1 is 1.15 bits per heavy atom. The molecule has 27 heavy (non-hydrogen) atoms. The van der Waals surface area contributed by atoms with Crippen LogP contribution in [0.3, 0.4) is 0 Å². The quantitative estimate of drug-likeness (QED) is 0.849. The van der Waals surface area contributed by atoms with E-state index in [1.165, 1.54) is 0 Å². The Bertz CT molecular complexity index is 777. The molecule has 0 aliphatic carbocycles. The van der Waals surface area contributed by atoms with E-state index in [9.17, 15) is 9.59 Å². The van der Waals surface area contributed by atoms with Gasteiger partial charge in [0.15, 0.2) is 6.61 Å². The number of ether oxygens (including phenoxy) is 1. The lowest BCUT2D eigenvalue weighted by Crippen LogP contribution is -2.42. The van der Waals surface area contributed by atoms with Gasteiger partial charge in [-0.1, -0.05) is 30.3 Å². The molecule has 0 aromatic heterocycles. The number of anilines is 1. The van der Waals surface area contributed by atoms with Gasteiger partial charge in [-0.15, -0.1) is 0 Å². The molecule has 0 radical (unpaired) electrons. The number of carbonyl (C=O) groups is 2. The highest BCUT2D eigenvalue weighted by Gasteiger charge is 2.32. The largest absolute Gasteiger partial charge is 0.484 e. The summed E-state index contributed by atoms with van der Waals surface area (Å²) in [5.41, 5.74) is 1.64. The maximum absolute atomic E-state index is 12.5. The van der Waals surface area contributed by atoms with E-state index in [1.807, 2.05) is 30.3 Å². The van der Waals surface area contributed by atoms with E-state index >= 15 is 0 Å². The number of hydrogen-bond acceptors (Lipinski definition) is 4. The van der Waals surface area contributed by atoms with Crippen molar-refractivity contribution < 1.29 is 19.4 Å². The predicted molar refractivity (Wildman–Crippen MR) is 102 cm³/mol. The van der Waals surface area contributed by atoms with Crippen LogP contribution in [-0.2, 0) is 16.2 Å². The molecule has 0 saturated carbocycles. The Morgan fingerprint density at radius 3 is 2.48 bits per heavy atom. The molecule has 6 heteroatoms. The molecule has 6 nitrogen and oxygen atoms in total. The number of aliphatic hydroxyl groups excluding tert-OH is 1. The fourth-order valence-corrected chi connectivity index (χ4v) is 3.34. The molecule has 2 aromatic carbocycles. The summed E-state index contributed by atoms with van der Waals surface area (Å²) in [5, 5.41) is 9.05. The Hall–Kier alpha value is -2.86. The highest BCUT2D eigenvalue weighted by atomic mass is 16.5. The van der Waals surface area contributed by atoms with Crippen molar-refractivity contribution in [3.63, 3.8) is 0 Å². The van der Waals surface area contributed by atoms with Crippen LogP contribution in [0.15, 0.2) is 54.6 Å². The smallest absolute Gasteiger partial charge is 0.260 e. The van der Waals surface area contributed by atoms with Gasteiger partial charge >= 0.3 is 0 Å². The summed E-state index contributed by atoms with van der Waals surface area (Å²) in [4.78, 5) is 28.1. The zero-order valence-electron chi connectivity index (χ0n) is 15.4. The lowest BCUT2D eigenvalue weighted by Gasteiger charge is -2.28. The Morgan fingerprint density at radius 2 is 1.85 bits per heavy atom. The number of benzene rings is 2. The van der Waals surface area contributed by atoms with Crippen LogP contribution in [0.2, 0.25) is 0 Å². The minimum atomic E-state index is -0.0969. The number of para-hydroxylation sites is 1. The first-order valence-corrected chi connectivity index (χ1v) is 9.03. The molecule has 2 amide bonds. The SMILES string of the molecule is CC(=O)N(c1ccccc1)C1CCN(C(=O)COc2ccc(CO)cc2)C1. The average molecular weight is 368 g/mol. The zero-order valence-corrected chi connectivity index (χ0v) is 15.4. The first-order chi connectivity index (χ1) is 13.1. The maximum Gasteiger partial charge on any atom is 0.260 e.